The minimum Gasteiger partial charge on any atom is -0.508 e. The number of hydrogen-bond donors (Lipinski definition) is 3. The molecule has 0 fully saturated rings. The van der Waals surface area contributed by atoms with Gasteiger partial charge in [0, 0.05) is 58.4 Å². The number of nitrogens with zero attached hydrogens (tertiary/aromatic N) is 11. The normalized spacial score (nSPS) is 10.2. The minimum atomic E-state index is -0.570. The Balaban J connectivity index is 0.000000197. The van der Waals surface area contributed by atoms with Crippen LogP contribution >= 0.6 is 0 Å². The van der Waals surface area contributed by atoms with E-state index in [1.165, 1.54) is 24.8 Å². The molecule has 6 aromatic carbocycles. The van der Waals surface area contributed by atoms with Crippen molar-refractivity contribution >= 4 is 46.9 Å². The fraction of sp³-hybridized carbons (Fsp3) is 0.222. The van der Waals surface area contributed by atoms with Gasteiger partial charge in [-0.15, -0.1) is 0 Å². The van der Waals surface area contributed by atoms with Crippen molar-refractivity contribution in [1.82, 2.24) is 48.2 Å². The summed E-state index contributed by atoms with van der Waals surface area (Å²) in [5.74, 6) is -1.56. The number of aromatic nitrogens is 10. The summed E-state index contributed by atoms with van der Waals surface area (Å²) in [4.78, 5) is 100. The lowest BCUT2D eigenvalue weighted by molar-refractivity contribution is -0.385. The summed E-state index contributed by atoms with van der Waals surface area (Å²) in [6, 6.07) is 42.1. The van der Waals surface area contributed by atoms with Crippen LogP contribution in [-0.4, -0.2) is 126 Å². The van der Waals surface area contributed by atoms with Gasteiger partial charge in [-0.3, -0.25) is 20.2 Å². The lowest BCUT2D eigenvalue weighted by atomic mass is 10.2. The molecule has 5 aromatic heterocycles. The first-order chi connectivity index (χ1) is 48.9. The second-order valence-corrected chi connectivity index (χ2v) is 21.1. The van der Waals surface area contributed by atoms with Crippen LogP contribution in [0, 0.1) is 60.7 Å². The van der Waals surface area contributed by atoms with E-state index in [4.69, 9.17) is 34.2 Å². The Labute approximate surface area is 585 Å². The summed E-state index contributed by atoms with van der Waals surface area (Å²) in [6.07, 6.45) is 7.76. The molecular weight excluding hydrogens is 1320 g/mol. The van der Waals surface area contributed by atoms with Crippen LogP contribution in [0.2, 0.25) is 0 Å². The molecule has 0 amide bonds. The number of aromatic amines is 1. The highest BCUT2D eigenvalue weighted by Crippen LogP contribution is 2.23. The standard InChI is InChI=1S/C20H20N2O3.C13H13N3O4.C13H15N3O2.C13H14N2O3.C7H10N2O2.C6H4FNO2/c1-3-24-20(23)19-15(2)22(14-21-19)17-9-11-18(12-10-17)25-13-16-7-5-4-6-8-16;1-3-20-13(17)12-9(2)15(8-14-12)10-4-6-11(7-5-10)16(18)19;1-3-18-13(17)12-9(2)16(8-15-12)11-6-4-10(14)5-7-11;1-3-18-13(17)12-9(2)15(8-14-12)10-4-6-11(16)7-5-10;1-3-11-7(10)6-5(2)8-4-9-6;7-5-1-3-6(4-2-5)8(9)10/h4-12,14H,3,13H2,1-2H3;4-8H,3H2,1-2H3;4-8H,3,14H2,1-2H3;4-8,16H,3H2,1-2H3;4H,3H2,1-2H3,(H,8,9);1-4H. The number of H-pyrrole nitrogens is 1. The van der Waals surface area contributed by atoms with Gasteiger partial charge in [0.05, 0.1) is 72.0 Å². The zero-order valence-corrected chi connectivity index (χ0v) is 57.5. The Kier molecular flexibility index (Phi) is 29.5. The predicted octanol–water partition coefficient (Wildman–Crippen LogP) is 12.8. The SMILES string of the molecule is CCOC(=O)c1nc[nH]c1C.CCOC(=O)c1ncn(-c2ccc(N)cc2)c1C.CCOC(=O)c1ncn(-c2ccc(O)cc2)c1C.CCOC(=O)c1ncn(-c2ccc(OCc3ccccc3)cc2)c1C.CCOC(=O)c1ncn(-c2ccc([N+](=O)[O-])cc2)c1C.O=[N+]([O-])c1ccc(F)cc1. The van der Waals surface area contributed by atoms with Gasteiger partial charge in [0.2, 0.25) is 0 Å². The number of nitrogen functional groups attached to an aromatic ring is 1. The number of benzene rings is 6. The number of phenols is 1. The summed E-state index contributed by atoms with van der Waals surface area (Å²) in [6.45, 7) is 20.0. The second kappa shape index (κ2) is 38.7. The molecular formula is C72H76FN13O16. The van der Waals surface area contributed by atoms with Crippen molar-refractivity contribution in [3.8, 4) is 34.2 Å². The van der Waals surface area contributed by atoms with Crippen molar-refractivity contribution in [3.05, 3.63) is 272 Å². The number of rotatable bonds is 19. The number of hydrogen-bond acceptors (Lipinski definition) is 22. The number of nitrogens with two attached hydrogens (primary N) is 1. The number of aryl methyl sites for hydroxylation is 1. The molecule has 11 aromatic rings. The van der Waals surface area contributed by atoms with Gasteiger partial charge in [0.1, 0.15) is 49.2 Å². The number of non-ortho nitro benzene ring substituents is 2. The number of carbonyl (C=O) groups excluding carboxylic acids is 5. The van der Waals surface area contributed by atoms with Crippen LogP contribution in [0.25, 0.3) is 22.7 Å². The molecule has 0 saturated heterocycles. The molecule has 0 spiro atoms. The summed E-state index contributed by atoms with van der Waals surface area (Å²) >= 11 is 0. The number of anilines is 1. The molecule has 102 heavy (non-hydrogen) atoms. The van der Waals surface area contributed by atoms with E-state index in [2.05, 4.69) is 29.9 Å². The number of imidazole rings is 5. The van der Waals surface area contributed by atoms with Gasteiger partial charge in [-0.25, -0.2) is 53.3 Å². The number of esters is 5. The van der Waals surface area contributed by atoms with E-state index in [1.54, 1.807) is 132 Å². The van der Waals surface area contributed by atoms with Crippen molar-refractivity contribution < 1.29 is 71.7 Å². The predicted molar refractivity (Wildman–Crippen MR) is 373 cm³/mol. The van der Waals surface area contributed by atoms with Crippen LogP contribution in [0.5, 0.6) is 11.5 Å². The van der Waals surface area contributed by atoms with E-state index >= 15 is 0 Å². The van der Waals surface area contributed by atoms with Crippen molar-refractivity contribution in [2.45, 2.75) is 75.8 Å². The summed E-state index contributed by atoms with van der Waals surface area (Å²) in [5.41, 5.74) is 15.9. The number of halogens is 1. The van der Waals surface area contributed by atoms with Gasteiger partial charge < -0.3 is 62.5 Å². The van der Waals surface area contributed by atoms with E-state index in [9.17, 15) is 53.7 Å². The monoisotopic (exact) mass is 1400 g/mol. The van der Waals surface area contributed by atoms with Crippen LogP contribution < -0.4 is 10.5 Å². The molecule has 4 N–H and O–H groups in total. The average Bonchev–Trinajstić information content (AvgIpc) is 1.69. The largest absolute Gasteiger partial charge is 0.508 e. The number of nitro groups is 2. The summed E-state index contributed by atoms with van der Waals surface area (Å²) < 4.78 is 49.6. The molecule has 0 aliphatic heterocycles. The van der Waals surface area contributed by atoms with Crippen LogP contribution in [0.15, 0.2) is 183 Å². The van der Waals surface area contributed by atoms with Crippen molar-refractivity contribution in [2.24, 2.45) is 0 Å². The number of nitrogens with one attached hydrogen (secondary N) is 1. The highest BCUT2D eigenvalue weighted by atomic mass is 19.1. The smallest absolute Gasteiger partial charge is 0.358 e. The number of ether oxygens (including phenoxy) is 6. The molecule has 11 rings (SSSR count). The van der Waals surface area contributed by atoms with E-state index in [0.29, 0.717) is 78.6 Å². The molecule has 0 radical (unpaired) electrons. The van der Waals surface area contributed by atoms with Crippen LogP contribution in [0.3, 0.4) is 0 Å². The highest BCUT2D eigenvalue weighted by molar-refractivity contribution is 5.90. The fourth-order valence-electron chi connectivity index (χ4n) is 9.03. The first kappa shape index (κ1) is 77.9. The zero-order chi connectivity index (χ0) is 74.4. The van der Waals surface area contributed by atoms with Gasteiger partial charge in [-0.1, -0.05) is 30.3 Å². The third kappa shape index (κ3) is 21.9. The minimum absolute atomic E-state index is 0.0112. The third-order valence-electron chi connectivity index (χ3n) is 14.2. The molecule has 29 nitrogen and oxygen atoms in total. The molecule has 0 aliphatic rings. The number of nitro benzene ring substituents is 2. The van der Waals surface area contributed by atoms with E-state index < -0.39 is 39.5 Å². The molecule has 30 heteroatoms. The Morgan fingerprint density at radius 1 is 0.451 bits per heavy atom. The van der Waals surface area contributed by atoms with Crippen molar-refractivity contribution in [2.75, 3.05) is 38.8 Å². The van der Waals surface area contributed by atoms with Crippen molar-refractivity contribution in [1.29, 1.82) is 0 Å². The third-order valence-corrected chi connectivity index (χ3v) is 14.2. The molecule has 0 bridgehead atoms. The van der Waals surface area contributed by atoms with Gasteiger partial charge >= 0.3 is 29.8 Å². The van der Waals surface area contributed by atoms with Gasteiger partial charge in [0.25, 0.3) is 11.4 Å². The Morgan fingerprint density at radius 3 is 1.09 bits per heavy atom. The van der Waals surface area contributed by atoms with Gasteiger partial charge in [-0.2, -0.15) is 0 Å². The van der Waals surface area contributed by atoms with E-state index in [1.807, 2.05) is 89.7 Å². The maximum absolute atomic E-state index is 12.1. The number of carbonyl (C=O) groups is 5. The second-order valence-electron chi connectivity index (χ2n) is 21.1. The van der Waals surface area contributed by atoms with Crippen LogP contribution in [0.4, 0.5) is 21.5 Å². The fourth-order valence-corrected chi connectivity index (χ4v) is 9.03. The summed E-state index contributed by atoms with van der Waals surface area (Å²) in [7, 11) is 0. The Morgan fingerprint density at radius 2 is 0.765 bits per heavy atom. The van der Waals surface area contributed by atoms with Crippen LogP contribution in [-0.2, 0) is 30.3 Å². The topological polar surface area (TPSA) is 373 Å². The van der Waals surface area contributed by atoms with E-state index in [-0.39, 0.29) is 35.4 Å². The van der Waals surface area contributed by atoms with Gasteiger partial charge in [0.15, 0.2) is 28.5 Å². The quantitative estimate of drug-likeness (QED) is 0.0222. The van der Waals surface area contributed by atoms with Crippen LogP contribution in [0.1, 0.15) is 121 Å². The molecule has 0 atom stereocenters. The van der Waals surface area contributed by atoms with Gasteiger partial charge in [-0.05, 0) is 172 Å². The molecule has 532 valence electrons. The lowest BCUT2D eigenvalue weighted by Crippen LogP contribution is -2.07. The zero-order valence-electron chi connectivity index (χ0n) is 57.5. The molecule has 0 unspecified atom stereocenters. The number of phenolic OH excluding ortho intramolecular Hbond substituents is 1. The van der Waals surface area contributed by atoms with Crippen molar-refractivity contribution in [3.63, 3.8) is 0 Å². The van der Waals surface area contributed by atoms with E-state index in [0.717, 1.165) is 69.7 Å². The molecule has 5 heterocycles. The molecule has 0 aliphatic carbocycles. The first-order valence-electron chi connectivity index (χ1n) is 31.5. The highest BCUT2D eigenvalue weighted by Gasteiger charge is 2.21. The lowest BCUT2D eigenvalue weighted by Gasteiger charge is -2.09. The summed E-state index contributed by atoms with van der Waals surface area (Å²) in [5, 5.41) is 29.8. The Bertz CT molecular complexity index is 4450. The number of aromatic hydroxyl groups is 1. The average molecular weight is 1400 g/mol. The maximum Gasteiger partial charge on any atom is 0.358 e. The molecule has 0 saturated carbocycles. The maximum atomic E-state index is 12.1. The Hall–Kier alpha value is -13.2. The first-order valence-corrected chi connectivity index (χ1v) is 31.5.